The Bertz CT molecular complexity index is 489. The van der Waals surface area contributed by atoms with Crippen molar-refractivity contribution in [3.05, 3.63) is 10.6 Å². The number of anilines is 1. The summed E-state index contributed by atoms with van der Waals surface area (Å²) in [6.07, 6.45) is 3.86. The van der Waals surface area contributed by atoms with Gasteiger partial charge in [0.15, 0.2) is 5.13 Å². The van der Waals surface area contributed by atoms with Crippen LogP contribution in [0, 0.1) is 5.92 Å². The van der Waals surface area contributed by atoms with Crippen LogP contribution in [0.25, 0.3) is 0 Å². The van der Waals surface area contributed by atoms with Crippen LogP contribution in [0.4, 0.5) is 5.13 Å². The summed E-state index contributed by atoms with van der Waals surface area (Å²) in [6, 6.07) is 0. The lowest BCUT2D eigenvalue weighted by Crippen LogP contribution is -2.12. The predicted molar refractivity (Wildman–Crippen MR) is 62.4 cm³/mol. The molecule has 2 saturated carbocycles. The number of aromatic carboxylic acids is 1. The SMILES string of the molecule is O=C(O)c1sc(NC(=O)C2CC2)nc1C1CC1. The number of carbonyl (C=O) groups is 2. The molecular weight excluding hydrogens is 240 g/mol. The molecule has 0 atom stereocenters. The average Bonchev–Trinajstić information content (AvgIpc) is 3.15. The first kappa shape index (κ1) is 10.7. The molecule has 0 radical (unpaired) electrons. The van der Waals surface area contributed by atoms with Crippen molar-refractivity contribution in [1.29, 1.82) is 0 Å². The zero-order chi connectivity index (χ0) is 12.0. The van der Waals surface area contributed by atoms with Crippen molar-refractivity contribution >= 4 is 28.3 Å². The van der Waals surface area contributed by atoms with E-state index in [9.17, 15) is 9.59 Å². The molecule has 1 heterocycles. The van der Waals surface area contributed by atoms with Gasteiger partial charge in [0.25, 0.3) is 0 Å². The molecule has 0 saturated heterocycles. The number of carboxylic acid groups (broad SMARTS) is 1. The first-order chi connectivity index (χ1) is 8.15. The third kappa shape index (κ3) is 2.17. The Morgan fingerprint density at radius 3 is 2.53 bits per heavy atom. The summed E-state index contributed by atoms with van der Waals surface area (Å²) in [5.74, 6) is -0.588. The Kier molecular flexibility index (Phi) is 2.39. The van der Waals surface area contributed by atoms with Crippen LogP contribution < -0.4 is 5.32 Å². The molecule has 1 amide bonds. The summed E-state index contributed by atoms with van der Waals surface area (Å²) in [7, 11) is 0. The first-order valence-electron chi connectivity index (χ1n) is 5.70. The van der Waals surface area contributed by atoms with E-state index in [-0.39, 0.29) is 22.6 Å². The third-order valence-corrected chi connectivity index (χ3v) is 3.96. The topological polar surface area (TPSA) is 79.3 Å². The van der Waals surface area contributed by atoms with Crippen LogP contribution in [-0.4, -0.2) is 22.0 Å². The number of nitrogens with zero attached hydrogens (tertiary/aromatic N) is 1. The number of amides is 1. The molecule has 2 aliphatic rings. The molecule has 6 heteroatoms. The van der Waals surface area contributed by atoms with Crippen molar-refractivity contribution in [3.8, 4) is 0 Å². The molecule has 0 aliphatic heterocycles. The second-order valence-electron chi connectivity index (χ2n) is 4.58. The zero-order valence-corrected chi connectivity index (χ0v) is 9.92. The Morgan fingerprint density at radius 1 is 1.29 bits per heavy atom. The minimum absolute atomic E-state index is 0.0296. The van der Waals surface area contributed by atoms with Crippen molar-refractivity contribution < 1.29 is 14.7 Å². The van der Waals surface area contributed by atoms with Crippen molar-refractivity contribution in [1.82, 2.24) is 4.98 Å². The Balaban J connectivity index is 1.82. The molecule has 3 rings (SSSR count). The number of hydrogen-bond donors (Lipinski definition) is 2. The molecule has 0 spiro atoms. The standard InChI is InChI=1S/C11H12N2O3S/c14-9(6-3-4-6)13-11-12-7(5-1-2-5)8(17-11)10(15)16/h5-6H,1-4H2,(H,15,16)(H,12,13,14). The monoisotopic (exact) mass is 252 g/mol. The predicted octanol–water partition coefficient (Wildman–Crippen LogP) is 2.07. The van der Waals surface area contributed by atoms with Gasteiger partial charge in [-0.15, -0.1) is 0 Å². The lowest BCUT2D eigenvalue weighted by molar-refractivity contribution is -0.117. The molecule has 0 aromatic carbocycles. The molecule has 2 aliphatic carbocycles. The van der Waals surface area contributed by atoms with Gasteiger partial charge in [-0.1, -0.05) is 11.3 Å². The summed E-state index contributed by atoms with van der Waals surface area (Å²) >= 11 is 1.07. The maximum Gasteiger partial charge on any atom is 0.347 e. The number of nitrogens with one attached hydrogen (secondary N) is 1. The molecular formula is C11H12N2O3S. The summed E-state index contributed by atoms with van der Waals surface area (Å²) in [6.45, 7) is 0. The number of thiazole rings is 1. The molecule has 1 aromatic heterocycles. The van der Waals surface area contributed by atoms with Gasteiger partial charge in [0.2, 0.25) is 5.91 Å². The molecule has 0 bridgehead atoms. The maximum absolute atomic E-state index is 11.6. The highest BCUT2D eigenvalue weighted by molar-refractivity contribution is 7.17. The average molecular weight is 252 g/mol. The van der Waals surface area contributed by atoms with Crippen LogP contribution in [0.3, 0.4) is 0 Å². The summed E-state index contributed by atoms with van der Waals surface area (Å²) in [5, 5.41) is 12.2. The van der Waals surface area contributed by atoms with E-state index in [4.69, 9.17) is 5.11 Å². The van der Waals surface area contributed by atoms with Gasteiger partial charge < -0.3 is 10.4 Å². The van der Waals surface area contributed by atoms with Gasteiger partial charge in [-0.25, -0.2) is 9.78 Å². The molecule has 2 fully saturated rings. The van der Waals surface area contributed by atoms with Crippen LogP contribution in [0.2, 0.25) is 0 Å². The summed E-state index contributed by atoms with van der Waals surface area (Å²) in [4.78, 5) is 27.1. The van der Waals surface area contributed by atoms with Gasteiger partial charge in [-0.2, -0.15) is 0 Å². The molecule has 1 aromatic rings. The fraction of sp³-hybridized carbons (Fsp3) is 0.545. The zero-order valence-electron chi connectivity index (χ0n) is 9.10. The van der Waals surface area contributed by atoms with E-state index in [1.54, 1.807) is 0 Å². The van der Waals surface area contributed by atoms with Crippen molar-refractivity contribution in [2.75, 3.05) is 5.32 Å². The highest BCUT2D eigenvalue weighted by Gasteiger charge is 2.34. The van der Waals surface area contributed by atoms with Crippen molar-refractivity contribution in [2.45, 2.75) is 31.6 Å². The van der Waals surface area contributed by atoms with Crippen molar-refractivity contribution in [3.63, 3.8) is 0 Å². The molecule has 90 valence electrons. The van der Waals surface area contributed by atoms with E-state index in [0.717, 1.165) is 37.0 Å². The molecule has 17 heavy (non-hydrogen) atoms. The van der Waals surface area contributed by atoms with Crippen LogP contribution in [0.5, 0.6) is 0 Å². The summed E-state index contributed by atoms with van der Waals surface area (Å²) in [5.41, 5.74) is 0.647. The number of hydrogen-bond acceptors (Lipinski definition) is 4. The Morgan fingerprint density at radius 2 is 2.00 bits per heavy atom. The molecule has 5 nitrogen and oxygen atoms in total. The number of rotatable bonds is 4. The van der Waals surface area contributed by atoms with Crippen LogP contribution in [-0.2, 0) is 4.79 Å². The van der Waals surface area contributed by atoms with E-state index in [1.807, 2.05) is 0 Å². The second-order valence-corrected chi connectivity index (χ2v) is 5.58. The van der Waals surface area contributed by atoms with E-state index < -0.39 is 5.97 Å². The second kappa shape index (κ2) is 3.80. The smallest absolute Gasteiger partial charge is 0.347 e. The number of carbonyl (C=O) groups excluding carboxylic acids is 1. The van der Waals surface area contributed by atoms with Crippen LogP contribution in [0.15, 0.2) is 0 Å². The Labute approximate surface area is 102 Å². The number of aromatic nitrogens is 1. The quantitative estimate of drug-likeness (QED) is 0.859. The van der Waals surface area contributed by atoms with Crippen molar-refractivity contribution in [2.24, 2.45) is 5.92 Å². The van der Waals surface area contributed by atoms with Gasteiger partial charge in [-0.05, 0) is 25.7 Å². The lowest BCUT2D eigenvalue weighted by atomic mass is 10.2. The lowest BCUT2D eigenvalue weighted by Gasteiger charge is -1.97. The normalized spacial score (nSPS) is 19.1. The van der Waals surface area contributed by atoms with Gasteiger partial charge in [0.1, 0.15) is 4.88 Å². The number of carboxylic acids is 1. The first-order valence-corrected chi connectivity index (χ1v) is 6.51. The fourth-order valence-electron chi connectivity index (χ4n) is 1.73. The maximum atomic E-state index is 11.6. The van der Waals surface area contributed by atoms with E-state index in [0.29, 0.717) is 10.8 Å². The fourth-order valence-corrected chi connectivity index (χ4v) is 2.62. The minimum atomic E-state index is -0.948. The molecule has 0 unspecified atom stereocenters. The van der Waals surface area contributed by atoms with E-state index in [2.05, 4.69) is 10.3 Å². The Hall–Kier alpha value is -1.43. The molecule has 2 N–H and O–H groups in total. The minimum Gasteiger partial charge on any atom is -0.477 e. The van der Waals surface area contributed by atoms with Crippen LogP contribution >= 0.6 is 11.3 Å². The highest BCUT2D eigenvalue weighted by atomic mass is 32.1. The van der Waals surface area contributed by atoms with Crippen LogP contribution in [0.1, 0.15) is 47.0 Å². The van der Waals surface area contributed by atoms with Gasteiger partial charge in [0.05, 0.1) is 5.69 Å². The largest absolute Gasteiger partial charge is 0.477 e. The van der Waals surface area contributed by atoms with E-state index >= 15 is 0 Å². The van der Waals surface area contributed by atoms with Gasteiger partial charge in [-0.3, -0.25) is 4.79 Å². The highest BCUT2D eigenvalue weighted by Crippen LogP contribution is 2.43. The van der Waals surface area contributed by atoms with Gasteiger partial charge >= 0.3 is 5.97 Å². The third-order valence-electron chi connectivity index (χ3n) is 2.99. The van der Waals surface area contributed by atoms with E-state index in [1.165, 1.54) is 0 Å². The summed E-state index contributed by atoms with van der Waals surface area (Å²) < 4.78 is 0. The van der Waals surface area contributed by atoms with Gasteiger partial charge in [0, 0.05) is 11.8 Å².